The Balaban J connectivity index is 1.68. The highest BCUT2D eigenvalue weighted by atomic mass is 16.2. The molecule has 0 spiro atoms. The van der Waals surface area contributed by atoms with Crippen LogP contribution in [0.2, 0.25) is 0 Å². The number of nitrogens with zero attached hydrogens (tertiary/aromatic N) is 2. The summed E-state index contributed by atoms with van der Waals surface area (Å²) < 4.78 is 0. The van der Waals surface area contributed by atoms with E-state index in [2.05, 4.69) is 19.2 Å². The number of urea groups is 1. The highest BCUT2D eigenvalue weighted by Crippen LogP contribution is 2.20. The zero-order valence-electron chi connectivity index (χ0n) is 14.1. The van der Waals surface area contributed by atoms with Crippen molar-refractivity contribution < 1.29 is 9.59 Å². The quantitative estimate of drug-likeness (QED) is 0.870. The fourth-order valence-electron chi connectivity index (χ4n) is 3.70. The number of piperidine rings is 1. The zero-order chi connectivity index (χ0) is 15.9. The second kappa shape index (κ2) is 8.39. The minimum absolute atomic E-state index is 0.0120. The van der Waals surface area contributed by atoms with E-state index >= 15 is 0 Å². The molecule has 0 radical (unpaired) electrons. The summed E-state index contributed by atoms with van der Waals surface area (Å²) in [7, 11) is 0. The second-order valence-corrected chi connectivity index (χ2v) is 7.13. The maximum atomic E-state index is 12.2. The van der Waals surface area contributed by atoms with Crippen LogP contribution in [0.4, 0.5) is 4.79 Å². The van der Waals surface area contributed by atoms with Gasteiger partial charge in [-0.25, -0.2) is 4.79 Å². The van der Waals surface area contributed by atoms with E-state index in [0.717, 1.165) is 39.0 Å². The number of rotatable bonds is 3. The zero-order valence-corrected chi connectivity index (χ0v) is 14.1. The topological polar surface area (TPSA) is 52.7 Å². The Hall–Kier alpha value is -1.26. The van der Waals surface area contributed by atoms with Crippen LogP contribution in [0.5, 0.6) is 0 Å². The molecule has 2 heterocycles. The molecular formula is C17H31N3O2. The first-order chi connectivity index (χ1) is 10.6. The summed E-state index contributed by atoms with van der Waals surface area (Å²) in [6, 6.07) is -0.0120. The Morgan fingerprint density at radius 2 is 1.55 bits per heavy atom. The van der Waals surface area contributed by atoms with Gasteiger partial charge in [0.2, 0.25) is 5.91 Å². The number of hydrogen-bond acceptors (Lipinski definition) is 2. The van der Waals surface area contributed by atoms with E-state index in [-0.39, 0.29) is 11.9 Å². The molecule has 2 saturated heterocycles. The van der Waals surface area contributed by atoms with Crippen LogP contribution in [-0.2, 0) is 4.79 Å². The van der Waals surface area contributed by atoms with E-state index < -0.39 is 0 Å². The van der Waals surface area contributed by atoms with Gasteiger partial charge in [0.25, 0.3) is 0 Å². The predicted molar refractivity (Wildman–Crippen MR) is 87.6 cm³/mol. The fourth-order valence-corrected chi connectivity index (χ4v) is 3.70. The number of amides is 3. The van der Waals surface area contributed by atoms with Crippen molar-refractivity contribution in [3.05, 3.63) is 0 Å². The molecule has 2 aliphatic rings. The van der Waals surface area contributed by atoms with Crippen LogP contribution in [0.1, 0.15) is 52.4 Å². The second-order valence-electron chi connectivity index (χ2n) is 7.13. The van der Waals surface area contributed by atoms with Crippen molar-refractivity contribution in [2.45, 2.75) is 52.4 Å². The van der Waals surface area contributed by atoms with Gasteiger partial charge in [-0.2, -0.15) is 0 Å². The lowest BCUT2D eigenvalue weighted by Gasteiger charge is -2.35. The molecule has 2 unspecified atom stereocenters. The molecule has 3 amide bonds. The van der Waals surface area contributed by atoms with Crippen molar-refractivity contribution in [2.24, 2.45) is 11.8 Å². The average molecular weight is 309 g/mol. The standard InChI is InChI=1S/C17H31N3O2/c1-14-11-15(2)13-20(12-14)17(22)18-8-7-16(21)19-9-5-3-4-6-10-19/h14-15H,3-13H2,1-2H3,(H,18,22). The van der Waals surface area contributed by atoms with Crippen LogP contribution in [0.15, 0.2) is 0 Å². The summed E-state index contributed by atoms with van der Waals surface area (Å²) in [5.41, 5.74) is 0. The summed E-state index contributed by atoms with van der Waals surface area (Å²) in [6.07, 6.45) is 6.29. The number of carbonyl (C=O) groups excluding carboxylic acids is 2. The smallest absolute Gasteiger partial charge is 0.317 e. The first-order valence-electron chi connectivity index (χ1n) is 8.87. The summed E-state index contributed by atoms with van der Waals surface area (Å²) >= 11 is 0. The minimum Gasteiger partial charge on any atom is -0.343 e. The molecule has 126 valence electrons. The molecule has 2 fully saturated rings. The van der Waals surface area contributed by atoms with Gasteiger partial charge < -0.3 is 15.1 Å². The van der Waals surface area contributed by atoms with Crippen molar-refractivity contribution in [1.82, 2.24) is 15.1 Å². The van der Waals surface area contributed by atoms with Crippen LogP contribution in [0.25, 0.3) is 0 Å². The molecule has 0 aromatic carbocycles. The number of nitrogens with one attached hydrogen (secondary N) is 1. The van der Waals surface area contributed by atoms with Gasteiger partial charge in [0.15, 0.2) is 0 Å². The van der Waals surface area contributed by atoms with Crippen molar-refractivity contribution in [1.29, 1.82) is 0 Å². The Morgan fingerprint density at radius 3 is 2.14 bits per heavy atom. The largest absolute Gasteiger partial charge is 0.343 e. The molecule has 5 heteroatoms. The first kappa shape index (κ1) is 17.1. The molecule has 0 saturated carbocycles. The van der Waals surface area contributed by atoms with Crippen LogP contribution in [0, 0.1) is 11.8 Å². The summed E-state index contributed by atoms with van der Waals surface area (Å²) in [4.78, 5) is 28.2. The lowest BCUT2D eigenvalue weighted by Crippen LogP contribution is -2.48. The Morgan fingerprint density at radius 1 is 0.955 bits per heavy atom. The third-order valence-electron chi connectivity index (χ3n) is 4.73. The Kier molecular flexibility index (Phi) is 6.52. The first-order valence-corrected chi connectivity index (χ1v) is 8.87. The third-order valence-corrected chi connectivity index (χ3v) is 4.73. The fraction of sp³-hybridized carbons (Fsp3) is 0.882. The van der Waals surface area contributed by atoms with Crippen LogP contribution < -0.4 is 5.32 Å². The van der Waals surface area contributed by atoms with Crippen molar-refractivity contribution in [3.8, 4) is 0 Å². The van der Waals surface area contributed by atoms with Crippen molar-refractivity contribution in [3.63, 3.8) is 0 Å². The van der Waals surface area contributed by atoms with Gasteiger partial charge in [-0.15, -0.1) is 0 Å². The predicted octanol–water partition coefficient (Wildman–Crippen LogP) is 2.47. The molecular weight excluding hydrogens is 278 g/mol. The molecule has 1 N–H and O–H groups in total. The third kappa shape index (κ3) is 5.18. The van der Waals surface area contributed by atoms with Crippen LogP contribution in [-0.4, -0.2) is 54.5 Å². The van der Waals surface area contributed by atoms with E-state index in [1.807, 2.05) is 9.80 Å². The van der Waals surface area contributed by atoms with E-state index in [0.29, 0.717) is 24.8 Å². The Labute approximate surface area is 134 Å². The van der Waals surface area contributed by atoms with Crippen molar-refractivity contribution >= 4 is 11.9 Å². The van der Waals surface area contributed by atoms with Gasteiger partial charge >= 0.3 is 6.03 Å². The molecule has 0 aliphatic carbocycles. The van der Waals surface area contributed by atoms with Gasteiger partial charge in [-0.05, 0) is 31.1 Å². The van der Waals surface area contributed by atoms with E-state index in [1.54, 1.807) is 0 Å². The molecule has 2 atom stereocenters. The lowest BCUT2D eigenvalue weighted by atomic mass is 9.92. The van der Waals surface area contributed by atoms with E-state index in [9.17, 15) is 9.59 Å². The van der Waals surface area contributed by atoms with E-state index in [4.69, 9.17) is 0 Å². The summed E-state index contributed by atoms with van der Waals surface area (Å²) in [5.74, 6) is 1.31. The van der Waals surface area contributed by atoms with Crippen LogP contribution >= 0.6 is 0 Å². The average Bonchev–Trinajstić information content (AvgIpc) is 2.75. The molecule has 5 nitrogen and oxygen atoms in total. The molecule has 0 aromatic rings. The normalized spacial score (nSPS) is 26.5. The highest BCUT2D eigenvalue weighted by Gasteiger charge is 2.25. The van der Waals surface area contributed by atoms with E-state index in [1.165, 1.54) is 19.3 Å². The van der Waals surface area contributed by atoms with Crippen molar-refractivity contribution in [2.75, 3.05) is 32.7 Å². The monoisotopic (exact) mass is 309 g/mol. The van der Waals surface area contributed by atoms with Gasteiger partial charge in [0, 0.05) is 39.1 Å². The summed E-state index contributed by atoms with van der Waals surface area (Å²) in [5, 5.41) is 2.92. The molecule has 2 aliphatic heterocycles. The highest BCUT2D eigenvalue weighted by molar-refractivity contribution is 5.78. The number of carbonyl (C=O) groups is 2. The summed E-state index contributed by atoms with van der Waals surface area (Å²) in [6.45, 7) is 8.26. The number of hydrogen-bond donors (Lipinski definition) is 1. The molecule has 22 heavy (non-hydrogen) atoms. The van der Waals surface area contributed by atoms with Gasteiger partial charge in [0.1, 0.15) is 0 Å². The SMILES string of the molecule is CC1CC(C)CN(C(=O)NCCC(=O)N2CCCCCC2)C1. The van der Waals surface area contributed by atoms with Gasteiger partial charge in [-0.3, -0.25) is 4.79 Å². The van der Waals surface area contributed by atoms with Gasteiger partial charge in [0.05, 0.1) is 0 Å². The molecule has 0 bridgehead atoms. The molecule has 2 rings (SSSR count). The minimum atomic E-state index is -0.0120. The number of likely N-dealkylation sites (tertiary alicyclic amines) is 2. The lowest BCUT2D eigenvalue weighted by molar-refractivity contribution is -0.131. The maximum absolute atomic E-state index is 12.2. The van der Waals surface area contributed by atoms with Crippen LogP contribution in [0.3, 0.4) is 0 Å². The van der Waals surface area contributed by atoms with Gasteiger partial charge in [-0.1, -0.05) is 26.7 Å². The molecule has 0 aromatic heterocycles. The maximum Gasteiger partial charge on any atom is 0.317 e. The Bertz CT molecular complexity index is 368.